The highest BCUT2D eigenvalue weighted by Crippen LogP contribution is 2.19. The highest BCUT2D eigenvalue weighted by molar-refractivity contribution is 5.74. The molecule has 0 saturated heterocycles. The van der Waals surface area contributed by atoms with Gasteiger partial charge in [-0.2, -0.15) is 0 Å². The number of nitrogens with two attached hydrogens (primary N) is 1. The van der Waals surface area contributed by atoms with Crippen LogP contribution in [0.25, 0.3) is 0 Å². The molecule has 82 valence electrons. The molecule has 0 unspecified atom stereocenters. The number of carboxylic acids is 1. The molecule has 0 heterocycles. The third-order valence-corrected chi connectivity index (χ3v) is 1.95. The number of nitrogens with zero attached hydrogens (tertiary/aromatic N) is 1. The minimum absolute atomic E-state index is 0.00852. The summed E-state index contributed by atoms with van der Waals surface area (Å²) in [5, 5.41) is 27.7. The zero-order valence-electron chi connectivity index (χ0n) is 7.83. The number of hydrogen-bond acceptors (Lipinski definition) is 5. The molecule has 0 aliphatic rings. The van der Waals surface area contributed by atoms with E-state index in [0.29, 0.717) is 5.56 Å². The van der Waals surface area contributed by atoms with Gasteiger partial charge in [0.15, 0.2) is 0 Å². The molecule has 1 aromatic rings. The number of para-hydroxylation sites is 1. The summed E-state index contributed by atoms with van der Waals surface area (Å²) < 4.78 is 0. The second-order valence-corrected chi connectivity index (χ2v) is 3.05. The van der Waals surface area contributed by atoms with Crippen molar-refractivity contribution in [3.05, 3.63) is 35.0 Å². The minimum Gasteiger partial charge on any atom is -0.733 e. The summed E-state index contributed by atoms with van der Waals surface area (Å²) in [7, 11) is 0. The van der Waals surface area contributed by atoms with E-state index in [1.807, 2.05) is 0 Å². The largest absolute Gasteiger partial charge is 0.733 e. The Balaban J connectivity index is 2.89. The van der Waals surface area contributed by atoms with Crippen molar-refractivity contribution in [3.63, 3.8) is 0 Å². The van der Waals surface area contributed by atoms with E-state index in [1.165, 1.54) is 6.07 Å². The first-order valence-corrected chi connectivity index (χ1v) is 4.25. The maximum absolute atomic E-state index is 10.7. The standard InChI is InChI=1S/C9H11N2O4/c10-7(9(12)13)5-6-3-1-2-4-8(6)11(14)15/h1-4,7,14H,5,10H2,(H,12,13)/q-1/t7-/m0/s1. The van der Waals surface area contributed by atoms with E-state index < -0.39 is 12.0 Å². The van der Waals surface area contributed by atoms with Crippen LogP contribution < -0.4 is 11.0 Å². The van der Waals surface area contributed by atoms with E-state index in [4.69, 9.17) is 16.0 Å². The van der Waals surface area contributed by atoms with E-state index in [-0.39, 0.29) is 17.3 Å². The molecule has 6 nitrogen and oxygen atoms in total. The molecular weight excluding hydrogens is 200 g/mol. The topological polar surface area (TPSA) is 110 Å². The predicted molar refractivity (Wildman–Crippen MR) is 53.4 cm³/mol. The molecule has 0 saturated carbocycles. The third-order valence-electron chi connectivity index (χ3n) is 1.95. The molecule has 0 radical (unpaired) electrons. The second kappa shape index (κ2) is 4.74. The summed E-state index contributed by atoms with van der Waals surface area (Å²) >= 11 is 0. The molecule has 0 amide bonds. The van der Waals surface area contributed by atoms with Crippen LogP contribution in [0.5, 0.6) is 0 Å². The molecule has 1 atom stereocenters. The van der Waals surface area contributed by atoms with Crippen LogP contribution in [0.4, 0.5) is 5.69 Å². The van der Waals surface area contributed by atoms with Gasteiger partial charge in [0.2, 0.25) is 0 Å². The fourth-order valence-corrected chi connectivity index (χ4v) is 1.19. The highest BCUT2D eigenvalue weighted by Gasteiger charge is 2.14. The molecule has 0 spiro atoms. The Morgan fingerprint density at radius 2 is 2.13 bits per heavy atom. The van der Waals surface area contributed by atoms with Gasteiger partial charge in [-0.05, 0) is 11.6 Å². The van der Waals surface area contributed by atoms with Gasteiger partial charge in [0, 0.05) is 6.42 Å². The normalized spacial score (nSPS) is 12.2. The lowest BCUT2D eigenvalue weighted by Crippen LogP contribution is -2.32. The Kier molecular flexibility index (Phi) is 3.62. The van der Waals surface area contributed by atoms with Gasteiger partial charge in [0.05, 0.1) is 5.69 Å². The molecule has 4 N–H and O–H groups in total. The molecule has 0 bridgehead atoms. The predicted octanol–water partition coefficient (Wildman–Crippen LogP) is 0.334. The highest BCUT2D eigenvalue weighted by atomic mass is 16.8. The fourth-order valence-electron chi connectivity index (χ4n) is 1.19. The first kappa shape index (κ1) is 11.4. The van der Waals surface area contributed by atoms with Gasteiger partial charge in [-0.15, -0.1) is 0 Å². The smallest absolute Gasteiger partial charge is 0.320 e. The Bertz CT molecular complexity index is 354. The number of benzene rings is 1. The molecule has 0 aliphatic carbocycles. The quantitative estimate of drug-likeness (QED) is 0.619. The molecule has 1 aromatic carbocycles. The molecule has 15 heavy (non-hydrogen) atoms. The van der Waals surface area contributed by atoms with Gasteiger partial charge in [-0.1, -0.05) is 18.2 Å². The van der Waals surface area contributed by atoms with Crippen LogP contribution in [0.15, 0.2) is 24.3 Å². The van der Waals surface area contributed by atoms with E-state index in [1.54, 1.807) is 18.2 Å². The summed E-state index contributed by atoms with van der Waals surface area (Å²) in [4.78, 5) is 10.5. The SMILES string of the molecule is N[C@@H](Cc1ccccc1N([O-])O)C(=O)O. The Morgan fingerprint density at radius 1 is 1.53 bits per heavy atom. The van der Waals surface area contributed by atoms with Crippen molar-refractivity contribution in [2.75, 3.05) is 5.23 Å². The first-order valence-electron chi connectivity index (χ1n) is 4.25. The van der Waals surface area contributed by atoms with Crippen molar-refractivity contribution in [1.82, 2.24) is 0 Å². The van der Waals surface area contributed by atoms with Gasteiger partial charge >= 0.3 is 5.97 Å². The summed E-state index contributed by atoms with van der Waals surface area (Å²) in [6.07, 6.45) is -0.00912. The Hall–Kier alpha value is -1.63. The minimum atomic E-state index is -1.15. The van der Waals surface area contributed by atoms with Gasteiger partial charge in [-0.25, -0.2) is 0 Å². The van der Waals surface area contributed by atoms with Crippen LogP contribution in [-0.4, -0.2) is 22.3 Å². The zero-order chi connectivity index (χ0) is 11.4. The molecule has 1 rings (SSSR count). The van der Waals surface area contributed by atoms with Crippen LogP contribution in [0.3, 0.4) is 0 Å². The van der Waals surface area contributed by atoms with Crippen molar-refractivity contribution in [3.8, 4) is 0 Å². The summed E-state index contributed by atoms with van der Waals surface area (Å²) in [6.45, 7) is 0. The fraction of sp³-hybridized carbons (Fsp3) is 0.222. The summed E-state index contributed by atoms with van der Waals surface area (Å²) in [5.41, 5.74) is 5.72. The van der Waals surface area contributed by atoms with Crippen molar-refractivity contribution < 1.29 is 15.1 Å². The maximum atomic E-state index is 10.7. The van der Waals surface area contributed by atoms with E-state index in [2.05, 4.69) is 0 Å². The van der Waals surface area contributed by atoms with Crippen molar-refractivity contribution >= 4 is 11.7 Å². The van der Waals surface area contributed by atoms with E-state index >= 15 is 0 Å². The average molecular weight is 211 g/mol. The number of carboxylic acid groups (broad SMARTS) is 1. The lowest BCUT2D eigenvalue weighted by molar-refractivity contribution is -0.138. The van der Waals surface area contributed by atoms with Crippen LogP contribution in [-0.2, 0) is 11.2 Å². The molecule has 0 aromatic heterocycles. The van der Waals surface area contributed by atoms with E-state index in [9.17, 15) is 10.0 Å². The van der Waals surface area contributed by atoms with Crippen LogP contribution in [0.2, 0.25) is 0 Å². The number of carbonyl (C=O) groups is 1. The second-order valence-electron chi connectivity index (χ2n) is 3.05. The Morgan fingerprint density at radius 3 is 2.67 bits per heavy atom. The maximum Gasteiger partial charge on any atom is 0.320 e. The molecular formula is C9H11N2O4-. The number of hydrogen-bond donors (Lipinski definition) is 3. The number of aliphatic carboxylic acids is 1. The van der Waals surface area contributed by atoms with E-state index in [0.717, 1.165) is 0 Å². The molecule has 0 fully saturated rings. The average Bonchev–Trinajstić information content (AvgIpc) is 2.18. The Labute approximate surface area is 86.1 Å². The van der Waals surface area contributed by atoms with Crippen molar-refractivity contribution in [2.24, 2.45) is 5.73 Å². The van der Waals surface area contributed by atoms with Crippen LogP contribution in [0, 0.1) is 5.21 Å². The van der Waals surface area contributed by atoms with Crippen molar-refractivity contribution in [2.45, 2.75) is 12.5 Å². The number of anilines is 1. The lowest BCUT2D eigenvalue weighted by atomic mass is 10.0. The van der Waals surface area contributed by atoms with Gasteiger partial charge in [0.1, 0.15) is 6.04 Å². The van der Waals surface area contributed by atoms with Gasteiger partial charge in [0.25, 0.3) is 0 Å². The number of rotatable bonds is 4. The van der Waals surface area contributed by atoms with Crippen LogP contribution >= 0.6 is 0 Å². The zero-order valence-corrected chi connectivity index (χ0v) is 7.83. The first-order chi connectivity index (χ1) is 7.02. The molecule has 0 aliphatic heterocycles. The van der Waals surface area contributed by atoms with Crippen LogP contribution in [0.1, 0.15) is 5.56 Å². The summed E-state index contributed by atoms with van der Waals surface area (Å²) in [6, 6.07) is 5.03. The lowest BCUT2D eigenvalue weighted by Gasteiger charge is -2.24. The monoisotopic (exact) mass is 211 g/mol. The van der Waals surface area contributed by atoms with Crippen molar-refractivity contribution in [1.29, 1.82) is 0 Å². The van der Waals surface area contributed by atoms with Gasteiger partial charge < -0.3 is 21.3 Å². The third kappa shape index (κ3) is 2.91. The summed E-state index contributed by atoms with van der Waals surface area (Å²) in [5.74, 6) is -1.15. The van der Waals surface area contributed by atoms with Gasteiger partial charge in [-0.3, -0.25) is 10.0 Å². The molecule has 6 heteroatoms.